The standard InChI is InChI=1S/C12H13ClO5S/c13-19(15,16)11-3-1-2-10(6-11)12(14)18-8-9-4-5-17-7-9/h1-3,6,9H,4-5,7-8H2. The van der Waals surface area contributed by atoms with E-state index in [1.807, 2.05) is 0 Å². The number of benzene rings is 1. The van der Waals surface area contributed by atoms with Crippen LogP contribution >= 0.6 is 10.7 Å². The van der Waals surface area contributed by atoms with E-state index in [-0.39, 0.29) is 23.0 Å². The van der Waals surface area contributed by atoms with Gasteiger partial charge in [0.25, 0.3) is 9.05 Å². The van der Waals surface area contributed by atoms with Gasteiger partial charge in [-0.1, -0.05) is 6.07 Å². The summed E-state index contributed by atoms with van der Waals surface area (Å²) in [7, 11) is 1.37. The molecule has 104 valence electrons. The van der Waals surface area contributed by atoms with E-state index in [9.17, 15) is 13.2 Å². The van der Waals surface area contributed by atoms with Crippen LogP contribution in [0.1, 0.15) is 16.8 Å². The van der Waals surface area contributed by atoms with Crippen LogP contribution in [0.3, 0.4) is 0 Å². The van der Waals surface area contributed by atoms with Crippen molar-refractivity contribution in [3.05, 3.63) is 29.8 Å². The zero-order valence-corrected chi connectivity index (χ0v) is 11.6. The Morgan fingerprint density at radius 1 is 1.47 bits per heavy atom. The van der Waals surface area contributed by atoms with Gasteiger partial charge in [0.2, 0.25) is 0 Å². The smallest absolute Gasteiger partial charge is 0.338 e. The Balaban J connectivity index is 2.02. The molecule has 1 heterocycles. The van der Waals surface area contributed by atoms with Crippen LogP contribution in [0.4, 0.5) is 0 Å². The minimum atomic E-state index is -3.84. The molecule has 7 heteroatoms. The van der Waals surface area contributed by atoms with E-state index in [4.69, 9.17) is 20.2 Å². The van der Waals surface area contributed by atoms with Crippen molar-refractivity contribution in [1.29, 1.82) is 0 Å². The highest BCUT2D eigenvalue weighted by Gasteiger charge is 2.19. The third-order valence-corrected chi connectivity index (χ3v) is 4.18. The lowest BCUT2D eigenvalue weighted by Crippen LogP contribution is -2.14. The lowest BCUT2D eigenvalue weighted by atomic mass is 10.1. The quantitative estimate of drug-likeness (QED) is 0.627. The molecular formula is C12H13ClO5S. The monoisotopic (exact) mass is 304 g/mol. The summed E-state index contributed by atoms with van der Waals surface area (Å²) in [6.45, 7) is 1.54. The van der Waals surface area contributed by atoms with Crippen LogP contribution in [0.25, 0.3) is 0 Å². The molecule has 1 atom stereocenters. The zero-order valence-electron chi connectivity index (χ0n) is 10.0. The van der Waals surface area contributed by atoms with Gasteiger partial charge in [-0.2, -0.15) is 0 Å². The van der Waals surface area contributed by atoms with Gasteiger partial charge in [-0.3, -0.25) is 0 Å². The highest BCUT2D eigenvalue weighted by molar-refractivity contribution is 8.13. The van der Waals surface area contributed by atoms with Crippen LogP contribution in [0, 0.1) is 5.92 Å². The molecule has 0 N–H and O–H groups in total. The van der Waals surface area contributed by atoms with E-state index in [0.717, 1.165) is 6.42 Å². The molecule has 0 radical (unpaired) electrons. The Labute approximate surface area is 115 Å². The van der Waals surface area contributed by atoms with Gasteiger partial charge in [-0.15, -0.1) is 0 Å². The number of hydrogen-bond acceptors (Lipinski definition) is 5. The molecule has 1 aliphatic rings. The van der Waals surface area contributed by atoms with Crippen LogP contribution < -0.4 is 0 Å². The van der Waals surface area contributed by atoms with Crippen molar-refractivity contribution >= 4 is 25.7 Å². The summed E-state index contributed by atoms with van der Waals surface area (Å²) >= 11 is 0. The summed E-state index contributed by atoms with van der Waals surface area (Å²) in [6, 6.07) is 5.46. The maximum Gasteiger partial charge on any atom is 0.338 e. The van der Waals surface area contributed by atoms with Gasteiger partial charge < -0.3 is 9.47 Å². The number of carbonyl (C=O) groups is 1. The molecule has 1 saturated heterocycles. The normalized spacial score (nSPS) is 19.3. The fourth-order valence-electron chi connectivity index (χ4n) is 1.77. The van der Waals surface area contributed by atoms with Gasteiger partial charge in [0.1, 0.15) is 0 Å². The topological polar surface area (TPSA) is 69.7 Å². The molecule has 1 aromatic carbocycles. The van der Waals surface area contributed by atoms with Gasteiger partial charge in [-0.05, 0) is 24.6 Å². The highest BCUT2D eigenvalue weighted by Crippen LogP contribution is 2.18. The van der Waals surface area contributed by atoms with Gasteiger partial charge in [0.05, 0.1) is 23.7 Å². The van der Waals surface area contributed by atoms with Crippen LogP contribution in [0.15, 0.2) is 29.2 Å². The van der Waals surface area contributed by atoms with Crippen LogP contribution in [-0.4, -0.2) is 34.2 Å². The maximum atomic E-state index is 11.8. The first-order valence-electron chi connectivity index (χ1n) is 5.76. The summed E-state index contributed by atoms with van der Waals surface area (Å²) in [5.41, 5.74) is 0.167. The minimum absolute atomic E-state index is 0.118. The molecule has 1 unspecified atom stereocenters. The molecule has 0 amide bonds. The summed E-state index contributed by atoms with van der Waals surface area (Å²) in [5.74, 6) is -0.349. The lowest BCUT2D eigenvalue weighted by molar-refractivity contribution is 0.0428. The third kappa shape index (κ3) is 3.92. The summed E-state index contributed by atoms with van der Waals surface area (Å²) in [5, 5.41) is 0. The fourth-order valence-corrected chi connectivity index (χ4v) is 2.56. The highest BCUT2D eigenvalue weighted by atomic mass is 35.7. The summed E-state index contributed by atoms with van der Waals surface area (Å²) in [6.07, 6.45) is 0.864. The van der Waals surface area contributed by atoms with E-state index >= 15 is 0 Å². The van der Waals surface area contributed by atoms with Crippen LogP contribution in [-0.2, 0) is 18.5 Å². The predicted molar refractivity (Wildman–Crippen MR) is 68.7 cm³/mol. The van der Waals surface area contributed by atoms with Crippen molar-refractivity contribution in [3.8, 4) is 0 Å². The van der Waals surface area contributed by atoms with Gasteiger partial charge in [-0.25, -0.2) is 13.2 Å². The molecule has 2 rings (SSSR count). The SMILES string of the molecule is O=C(OCC1CCOC1)c1cccc(S(=O)(=O)Cl)c1. The molecule has 0 saturated carbocycles. The molecule has 0 spiro atoms. The molecule has 5 nitrogen and oxygen atoms in total. The summed E-state index contributed by atoms with van der Waals surface area (Å²) < 4.78 is 32.6. The Kier molecular flexibility index (Phi) is 4.44. The van der Waals surface area contributed by atoms with Gasteiger partial charge in [0.15, 0.2) is 0 Å². The second-order valence-electron chi connectivity index (χ2n) is 4.29. The lowest BCUT2D eigenvalue weighted by Gasteiger charge is -2.09. The average Bonchev–Trinajstić information content (AvgIpc) is 2.88. The Morgan fingerprint density at radius 3 is 2.89 bits per heavy atom. The Hall–Kier alpha value is -1.11. The number of esters is 1. The molecule has 1 fully saturated rings. The van der Waals surface area contributed by atoms with Crippen LogP contribution in [0.2, 0.25) is 0 Å². The Morgan fingerprint density at radius 2 is 2.26 bits per heavy atom. The van der Waals surface area contributed by atoms with E-state index in [1.54, 1.807) is 0 Å². The summed E-state index contributed by atoms with van der Waals surface area (Å²) in [4.78, 5) is 11.7. The second kappa shape index (κ2) is 5.90. The number of hydrogen-bond donors (Lipinski definition) is 0. The molecule has 1 aromatic rings. The average molecular weight is 305 g/mol. The van der Waals surface area contributed by atoms with Crippen LogP contribution in [0.5, 0.6) is 0 Å². The minimum Gasteiger partial charge on any atom is -0.462 e. The first kappa shape index (κ1) is 14.3. The fraction of sp³-hybridized carbons (Fsp3) is 0.417. The Bertz CT molecular complexity index is 563. The molecule has 0 bridgehead atoms. The number of halogens is 1. The van der Waals surface area contributed by atoms with Crippen molar-refractivity contribution in [2.75, 3.05) is 19.8 Å². The first-order valence-corrected chi connectivity index (χ1v) is 8.07. The molecule has 0 aliphatic carbocycles. The number of carbonyl (C=O) groups excluding carboxylic acids is 1. The second-order valence-corrected chi connectivity index (χ2v) is 6.86. The predicted octanol–water partition coefficient (Wildman–Crippen LogP) is 1.81. The van der Waals surface area contributed by atoms with Gasteiger partial charge >= 0.3 is 5.97 Å². The van der Waals surface area contributed by atoms with Crippen molar-refractivity contribution in [2.45, 2.75) is 11.3 Å². The first-order chi connectivity index (χ1) is 8.97. The van der Waals surface area contributed by atoms with Crippen molar-refractivity contribution in [2.24, 2.45) is 5.92 Å². The molecule has 1 aliphatic heterocycles. The maximum absolute atomic E-state index is 11.8. The largest absolute Gasteiger partial charge is 0.462 e. The van der Waals surface area contributed by atoms with Gasteiger partial charge in [0, 0.05) is 23.2 Å². The van der Waals surface area contributed by atoms with Crippen molar-refractivity contribution in [1.82, 2.24) is 0 Å². The van der Waals surface area contributed by atoms with E-state index in [2.05, 4.69) is 0 Å². The van der Waals surface area contributed by atoms with E-state index in [0.29, 0.717) is 13.2 Å². The number of rotatable bonds is 4. The third-order valence-electron chi connectivity index (χ3n) is 2.83. The zero-order chi connectivity index (χ0) is 13.9. The van der Waals surface area contributed by atoms with Crippen molar-refractivity contribution in [3.63, 3.8) is 0 Å². The molecule has 0 aromatic heterocycles. The van der Waals surface area contributed by atoms with E-state index in [1.165, 1.54) is 24.3 Å². The van der Waals surface area contributed by atoms with Crippen molar-refractivity contribution < 1.29 is 22.7 Å². The molecular weight excluding hydrogens is 292 g/mol. The number of ether oxygens (including phenoxy) is 2. The molecule has 19 heavy (non-hydrogen) atoms. The van der Waals surface area contributed by atoms with E-state index < -0.39 is 15.0 Å².